The van der Waals surface area contributed by atoms with Gasteiger partial charge in [0.1, 0.15) is 0 Å². The maximum absolute atomic E-state index is 6.33. The van der Waals surface area contributed by atoms with Crippen LogP contribution in [-0.2, 0) is 4.43 Å². The quantitative estimate of drug-likeness (QED) is 0.244. The summed E-state index contributed by atoms with van der Waals surface area (Å²) in [4.78, 5) is 0. The molecule has 0 spiro atoms. The summed E-state index contributed by atoms with van der Waals surface area (Å²) in [5.41, 5.74) is 0.335. The minimum atomic E-state index is -1.56. The number of unbranched alkanes of at least 4 members (excludes halogenated alkanes) is 1. The average molecular weight is 370 g/mol. The Kier molecular flexibility index (Phi) is 7.26. The second-order valence-corrected chi connectivity index (χ2v) is 13.2. The van der Waals surface area contributed by atoms with Crippen LogP contribution in [0, 0.1) is 5.41 Å². The van der Waals surface area contributed by atoms with Gasteiger partial charge in [-0.25, -0.2) is 0 Å². The van der Waals surface area contributed by atoms with Crippen molar-refractivity contribution < 1.29 is 4.43 Å². The molecule has 3 heteroatoms. The molecule has 0 unspecified atom stereocenters. The van der Waals surface area contributed by atoms with Gasteiger partial charge in [0.05, 0.1) is 0 Å². The molecule has 0 fully saturated rings. The maximum Gasteiger partial charge on any atom is 0.192 e. The van der Waals surface area contributed by atoms with Crippen molar-refractivity contribution in [1.29, 1.82) is 0 Å². The lowest BCUT2D eigenvalue weighted by molar-refractivity contribution is 0.153. The fourth-order valence-electron chi connectivity index (χ4n) is 1.36. The average Bonchev–Trinajstić information content (AvgIpc) is 2.14. The van der Waals surface area contributed by atoms with Gasteiger partial charge in [-0.15, -0.1) is 0 Å². The number of hydrogen-bond acceptors (Lipinski definition) is 1. The van der Waals surface area contributed by atoms with E-state index in [9.17, 15) is 0 Å². The zero-order valence-electron chi connectivity index (χ0n) is 12.8. The summed E-state index contributed by atoms with van der Waals surface area (Å²) in [6, 6.07) is 0. The molecule has 0 aliphatic heterocycles. The Morgan fingerprint density at radius 1 is 1.00 bits per heavy atom. The third kappa shape index (κ3) is 7.16. The summed E-state index contributed by atoms with van der Waals surface area (Å²) in [7, 11) is -1.56. The van der Waals surface area contributed by atoms with Gasteiger partial charge in [0.2, 0.25) is 0 Å². The predicted octanol–water partition coefficient (Wildman–Crippen LogP) is 5.64. The molecule has 0 aromatic heterocycles. The first kappa shape index (κ1) is 17.9. The molecule has 0 aromatic rings. The molecule has 0 N–H and O–H groups in total. The second-order valence-electron chi connectivity index (χ2n) is 7.36. The molecule has 0 aromatic carbocycles. The van der Waals surface area contributed by atoms with Gasteiger partial charge in [0, 0.05) is 6.61 Å². The van der Waals surface area contributed by atoms with E-state index in [0.29, 0.717) is 10.5 Å². The lowest BCUT2D eigenvalue weighted by atomic mass is 9.88. The molecule has 1 nitrogen and oxygen atoms in total. The highest BCUT2D eigenvalue weighted by Gasteiger charge is 2.38. The van der Waals surface area contributed by atoms with E-state index in [2.05, 4.69) is 70.3 Å². The molecule has 0 saturated heterocycles. The largest absolute Gasteiger partial charge is 0.416 e. The Hall–Kier alpha value is 0.907. The van der Waals surface area contributed by atoms with Crippen LogP contribution in [0.15, 0.2) is 0 Å². The summed E-state index contributed by atoms with van der Waals surface area (Å²) >= 11 is 2.46. The Balaban J connectivity index is 4.17. The fourth-order valence-corrected chi connectivity index (χ4v) is 3.09. The van der Waals surface area contributed by atoms with Crippen molar-refractivity contribution in [3.8, 4) is 0 Å². The minimum absolute atomic E-state index is 0.325. The molecule has 0 rings (SSSR count). The van der Waals surface area contributed by atoms with Gasteiger partial charge in [-0.2, -0.15) is 0 Å². The van der Waals surface area contributed by atoms with E-state index in [1.807, 2.05) is 0 Å². The molecule has 0 aliphatic rings. The lowest BCUT2D eigenvalue weighted by Crippen LogP contribution is -2.43. The first-order valence-electron chi connectivity index (χ1n) is 6.72. The van der Waals surface area contributed by atoms with Gasteiger partial charge in [-0.05, 0) is 40.8 Å². The molecule has 0 heterocycles. The van der Waals surface area contributed by atoms with Crippen molar-refractivity contribution in [2.75, 3.05) is 11.0 Å². The molecule has 0 amide bonds. The Morgan fingerprint density at radius 2 is 1.53 bits per heavy atom. The van der Waals surface area contributed by atoms with E-state index in [1.54, 1.807) is 0 Å². The van der Waals surface area contributed by atoms with Crippen LogP contribution in [0.3, 0.4) is 0 Å². The van der Waals surface area contributed by atoms with E-state index in [0.717, 1.165) is 6.61 Å². The van der Waals surface area contributed by atoms with Crippen LogP contribution < -0.4 is 0 Å². The Bertz CT molecular complexity index is 219. The van der Waals surface area contributed by atoms with Gasteiger partial charge in [-0.3, -0.25) is 0 Å². The van der Waals surface area contributed by atoms with E-state index < -0.39 is 8.32 Å². The van der Waals surface area contributed by atoms with Gasteiger partial charge < -0.3 is 4.43 Å². The van der Waals surface area contributed by atoms with Crippen LogP contribution >= 0.6 is 22.6 Å². The summed E-state index contributed by atoms with van der Waals surface area (Å²) in [6.07, 6.45) is 3.95. The standard InChI is InChI=1S/C14H31IOSi/c1-13(2,3)17(6,7)16-12-14(4,5)10-8-9-11-15/h8-12H2,1-7H3. The molecular formula is C14H31IOSi. The van der Waals surface area contributed by atoms with Gasteiger partial charge in [-0.1, -0.05) is 63.6 Å². The Morgan fingerprint density at radius 3 is 1.94 bits per heavy atom. The molecule has 0 saturated carbocycles. The van der Waals surface area contributed by atoms with E-state index in [4.69, 9.17) is 4.43 Å². The topological polar surface area (TPSA) is 9.23 Å². The van der Waals surface area contributed by atoms with Crippen LogP contribution in [0.4, 0.5) is 0 Å². The lowest BCUT2D eigenvalue weighted by Gasteiger charge is -2.39. The van der Waals surface area contributed by atoms with Crippen LogP contribution in [0.1, 0.15) is 53.9 Å². The predicted molar refractivity (Wildman–Crippen MR) is 89.7 cm³/mol. The molecule has 0 aliphatic carbocycles. The number of halogens is 1. The van der Waals surface area contributed by atoms with Gasteiger partial charge in [0.15, 0.2) is 8.32 Å². The summed E-state index contributed by atoms with van der Waals surface area (Å²) in [5, 5.41) is 0.325. The molecule has 0 radical (unpaired) electrons. The van der Waals surface area contributed by atoms with Gasteiger partial charge in [0.25, 0.3) is 0 Å². The first-order chi connectivity index (χ1) is 7.52. The summed E-state index contributed by atoms with van der Waals surface area (Å²) in [5.74, 6) is 0. The SMILES string of the molecule is CC(C)(CCCCI)CO[Si](C)(C)C(C)(C)C. The van der Waals surface area contributed by atoms with Crippen LogP contribution in [-0.4, -0.2) is 19.4 Å². The third-order valence-corrected chi connectivity index (χ3v) is 9.11. The third-order valence-electron chi connectivity index (χ3n) is 3.87. The highest BCUT2D eigenvalue weighted by atomic mass is 127. The molecule has 17 heavy (non-hydrogen) atoms. The van der Waals surface area contributed by atoms with Crippen LogP contribution in [0.5, 0.6) is 0 Å². The van der Waals surface area contributed by atoms with Crippen molar-refractivity contribution in [1.82, 2.24) is 0 Å². The van der Waals surface area contributed by atoms with E-state index >= 15 is 0 Å². The minimum Gasteiger partial charge on any atom is -0.416 e. The first-order valence-corrected chi connectivity index (χ1v) is 11.2. The molecule has 104 valence electrons. The number of rotatable bonds is 7. The highest BCUT2D eigenvalue weighted by Crippen LogP contribution is 2.38. The second kappa shape index (κ2) is 6.90. The highest BCUT2D eigenvalue weighted by molar-refractivity contribution is 14.1. The van der Waals surface area contributed by atoms with E-state index in [-0.39, 0.29) is 0 Å². The summed E-state index contributed by atoms with van der Waals surface area (Å²) < 4.78 is 7.60. The van der Waals surface area contributed by atoms with Crippen molar-refractivity contribution >= 4 is 30.9 Å². The van der Waals surface area contributed by atoms with Crippen molar-refractivity contribution in [2.24, 2.45) is 5.41 Å². The van der Waals surface area contributed by atoms with E-state index in [1.165, 1.54) is 23.7 Å². The zero-order valence-corrected chi connectivity index (χ0v) is 16.0. The van der Waals surface area contributed by atoms with Crippen molar-refractivity contribution in [2.45, 2.75) is 72.0 Å². The molecule has 0 bridgehead atoms. The van der Waals surface area contributed by atoms with Crippen LogP contribution in [0.2, 0.25) is 18.1 Å². The maximum atomic E-state index is 6.33. The van der Waals surface area contributed by atoms with Crippen molar-refractivity contribution in [3.05, 3.63) is 0 Å². The van der Waals surface area contributed by atoms with Gasteiger partial charge >= 0.3 is 0 Å². The summed E-state index contributed by atoms with van der Waals surface area (Å²) in [6.45, 7) is 17.2. The monoisotopic (exact) mass is 370 g/mol. The number of alkyl halides is 1. The van der Waals surface area contributed by atoms with Crippen molar-refractivity contribution in [3.63, 3.8) is 0 Å². The zero-order chi connectivity index (χ0) is 13.7. The Labute approximate surface area is 123 Å². The molecule has 0 atom stereocenters. The van der Waals surface area contributed by atoms with Crippen LogP contribution in [0.25, 0.3) is 0 Å². The molecular weight excluding hydrogens is 339 g/mol. The normalized spacial score (nSPS) is 14.1. The smallest absolute Gasteiger partial charge is 0.192 e. The fraction of sp³-hybridized carbons (Fsp3) is 1.00. The number of hydrogen-bond donors (Lipinski definition) is 0.